The third-order valence-corrected chi connectivity index (χ3v) is 94.9. The molecule has 6 N–H and O–H groups in total. The molecule has 0 heterocycles. The number of hydrogen-bond acceptors (Lipinski definition) is 28. The summed E-state index contributed by atoms with van der Waals surface area (Å²) in [6, 6.07) is 5.60. The van der Waals surface area contributed by atoms with Crippen molar-refractivity contribution in [2.24, 2.45) is 0 Å². The summed E-state index contributed by atoms with van der Waals surface area (Å²) in [5, 5.41) is 59.8. The Morgan fingerprint density at radius 2 is 0.239 bits per heavy atom. The number of aliphatic hydroxyl groups is 6. The van der Waals surface area contributed by atoms with E-state index in [2.05, 4.69) is 327 Å². The van der Waals surface area contributed by atoms with Crippen LogP contribution in [0.25, 0.3) is 0 Å². The summed E-state index contributed by atoms with van der Waals surface area (Å²) in [7, 11) is -45.5. The number of aliphatic hydroxyl groups excluding tert-OH is 6. The highest BCUT2D eigenvalue weighted by Gasteiger charge is 2.50. The Morgan fingerprint density at radius 3 is 0.343 bits per heavy atom. The fourth-order valence-corrected chi connectivity index (χ4v) is 118. The van der Waals surface area contributed by atoms with Crippen molar-refractivity contribution in [2.75, 3.05) is 79.3 Å². The van der Waals surface area contributed by atoms with Gasteiger partial charge in [-0.15, -0.1) is 0 Å². The Bertz CT molecular complexity index is 2850. The lowest BCUT2D eigenvalue weighted by Crippen LogP contribution is -2.58. The zero-order valence-corrected chi connectivity index (χ0v) is 115. The number of ether oxygens (including phenoxy) is 6. The van der Waals surface area contributed by atoms with Crippen LogP contribution in [-0.2, 0) is 94.3 Å². The molecule has 0 bridgehead atoms. The summed E-state index contributed by atoms with van der Waals surface area (Å²) in [6.45, 7) is 110. The molecule has 0 rings (SSSR count). The van der Waals surface area contributed by atoms with Crippen LogP contribution in [0.2, 0.25) is 364 Å². The van der Waals surface area contributed by atoms with Gasteiger partial charge in [-0.3, -0.25) is 0 Å². The Labute approximate surface area is 851 Å². The van der Waals surface area contributed by atoms with Crippen LogP contribution in [0.3, 0.4) is 0 Å². The molecule has 6 atom stereocenters. The molecular formula is C84H226O28Si22. The second-order valence-electron chi connectivity index (χ2n) is 49.0. The topological polar surface area (TPSA) is 324 Å². The minimum atomic E-state index is -2.49. The van der Waals surface area contributed by atoms with Crippen LogP contribution in [-0.4, -0.2) is 332 Å². The third kappa shape index (κ3) is 83.5. The second-order valence-corrected chi connectivity index (χ2v) is 140. The highest BCUT2D eigenvalue weighted by Crippen LogP contribution is 2.34. The maximum Gasteiger partial charge on any atom is 0.314 e. The van der Waals surface area contributed by atoms with E-state index >= 15 is 0 Å². The predicted octanol–water partition coefficient (Wildman–Crippen LogP) is 23.6. The lowest BCUT2D eigenvalue weighted by molar-refractivity contribution is -0.109. The molecule has 50 heteroatoms. The molecule has 0 amide bonds. The molecule has 0 saturated carbocycles. The molecule has 0 aliphatic heterocycles. The third-order valence-electron chi connectivity index (χ3n) is 18.3. The SMILES string of the molecule is C.C.C.C.C[Si](C)(C)O[Si](C)(C)CCCO[C@@H](CO)[C@@H](CO)OCCC[Si](C)(C)O[Si](C)(C)C.C[Si](C)(C)O[Si](C)(C)O[Si](C)(C)O[Si](C)(C)CCCO[C@@H](CO)[C@@H](CO)OCCC[Si](C)(C)O[Si](C)(C)O[Si](C)(C)O[Si](C)(C)C.C[Si](C)(C)O[Si](C)(C)O[Si](C)(C)O[Si](C)(C)O[Si](C)(C)CCCO[C@@H](CO)[C@@H](CO)OCCC[Si](C)(C)O[Si](C)(C)O[Si](C)(C)O[Si](C)(C)O[Si](C)(C)C. The van der Waals surface area contributed by atoms with E-state index in [0.29, 0.717) is 39.6 Å². The summed E-state index contributed by atoms with van der Waals surface area (Å²) in [5.74, 6) is 0. The maximum atomic E-state index is 10.1. The van der Waals surface area contributed by atoms with Gasteiger partial charge in [0.15, 0.2) is 99.8 Å². The Morgan fingerprint density at radius 1 is 0.142 bits per heavy atom. The molecule has 28 nitrogen and oxygen atoms in total. The van der Waals surface area contributed by atoms with Crippen LogP contribution in [0.5, 0.6) is 0 Å². The average Bonchev–Trinajstić information content (AvgIpc) is 0.823. The standard InChI is InChI=1S/C32H86O12Si10.C28H74O10Si8.C20H50O6Si4.4CH4/c1-45(2,3)37-49(11,12)41-53(19,20)43-51(15,16)39-47(7,8)27-23-25-35-31(29-33)32(30-34)36-26-24-28-48(9,10)40-52(17,18)44-54(21,22)42-50(13,14)38-46(4,5)6;1-39(2,3)33-43(11,12)37-45(15,16)35-41(7,8)23-19-21-31-27(25-29)28(26-30)32-22-20-24-42(9,10)36-46(17,18)38-44(13,14)34-40(4,5)6;1-27(2,3)25-29(7,8)15-11-13-23-19(17-21)20(18-22)24-14-12-16-30(9,10)26-28(4,5)6;;;;/h31-34H,23-30H2,1-22H3;27-30H,19-26H2,1-18H3;19-22H,11-18H2,1-10H3;4*1H4/t31-,32+;27-,28+;19-,20+;;;;. The van der Waals surface area contributed by atoms with Gasteiger partial charge in [-0.05, 0) is 402 Å². The first kappa shape index (κ1) is 151. The minimum absolute atomic E-state index is 0. The zero-order valence-electron chi connectivity index (χ0n) is 93.1. The molecule has 0 radical (unpaired) electrons. The van der Waals surface area contributed by atoms with E-state index < -0.39 is 222 Å². The molecule has 0 aliphatic carbocycles. The molecule has 0 unspecified atom stereocenters. The highest BCUT2D eigenvalue weighted by atomic mass is 28.5. The largest absolute Gasteiger partial charge is 0.456 e. The quantitative estimate of drug-likeness (QED) is 0.0243. The van der Waals surface area contributed by atoms with E-state index in [1.54, 1.807) is 0 Å². The van der Waals surface area contributed by atoms with Crippen molar-refractivity contribution in [2.45, 2.75) is 468 Å². The van der Waals surface area contributed by atoms with Crippen LogP contribution in [0, 0.1) is 0 Å². The Kier molecular flexibility index (Phi) is 70.9. The molecule has 0 saturated heterocycles. The first-order valence-corrected chi connectivity index (χ1v) is 115. The van der Waals surface area contributed by atoms with Gasteiger partial charge in [-0.2, -0.15) is 0 Å². The summed E-state index contributed by atoms with van der Waals surface area (Å²) in [4.78, 5) is 0. The van der Waals surface area contributed by atoms with Gasteiger partial charge in [0.05, 0.1) is 39.6 Å². The van der Waals surface area contributed by atoms with Crippen molar-refractivity contribution in [3.05, 3.63) is 0 Å². The first-order valence-electron chi connectivity index (χ1n) is 48.1. The Balaban J connectivity index is -0.000000369. The van der Waals surface area contributed by atoms with Crippen LogP contribution < -0.4 is 0 Å². The summed E-state index contributed by atoms with van der Waals surface area (Å²) in [5.41, 5.74) is 0. The van der Waals surface area contributed by atoms with E-state index in [4.69, 9.17) is 94.3 Å². The van der Waals surface area contributed by atoms with Gasteiger partial charge in [0.25, 0.3) is 0 Å². The number of hydrogen-bond donors (Lipinski definition) is 6. The molecule has 134 heavy (non-hydrogen) atoms. The van der Waals surface area contributed by atoms with E-state index in [-0.39, 0.29) is 69.3 Å². The highest BCUT2D eigenvalue weighted by molar-refractivity contribution is 6.94. The zero-order chi connectivity index (χ0) is 103. The van der Waals surface area contributed by atoms with Crippen molar-refractivity contribution in [3.8, 4) is 0 Å². The summed E-state index contributed by atoms with van der Waals surface area (Å²) in [6.07, 6.45) is 1.53. The fourth-order valence-electron chi connectivity index (χ4n) is 17.4. The van der Waals surface area contributed by atoms with Gasteiger partial charge in [-0.1, -0.05) is 29.7 Å². The molecule has 0 aromatic carbocycles. The first-order chi connectivity index (χ1) is 57.6. The molecule has 0 fully saturated rings. The summed E-state index contributed by atoms with van der Waals surface area (Å²) < 4.78 is 141. The van der Waals surface area contributed by atoms with Gasteiger partial charge in [0, 0.05) is 39.6 Å². The lowest BCUT2D eigenvalue weighted by Gasteiger charge is -2.42. The molecule has 0 aromatic rings. The lowest BCUT2D eigenvalue weighted by atomic mass is 10.2. The van der Waals surface area contributed by atoms with Gasteiger partial charge >= 0.3 is 85.6 Å². The maximum absolute atomic E-state index is 10.1. The average molecular weight is 2300 g/mol. The van der Waals surface area contributed by atoms with Gasteiger partial charge in [0.1, 0.15) is 36.6 Å². The van der Waals surface area contributed by atoms with Gasteiger partial charge in [-0.25, -0.2) is 0 Å². The molecule has 0 aromatic heterocycles. The Hall–Kier alpha value is 3.65. The number of rotatable bonds is 71. The minimum Gasteiger partial charge on any atom is -0.456 e. The van der Waals surface area contributed by atoms with Gasteiger partial charge in [0.2, 0.25) is 0 Å². The van der Waals surface area contributed by atoms with Crippen LogP contribution >= 0.6 is 0 Å². The van der Waals surface area contributed by atoms with Crippen LogP contribution in [0.4, 0.5) is 0 Å². The van der Waals surface area contributed by atoms with E-state index in [0.717, 1.165) is 74.8 Å². The van der Waals surface area contributed by atoms with Crippen molar-refractivity contribution >= 4 is 185 Å². The van der Waals surface area contributed by atoms with E-state index in [1.165, 1.54) is 0 Å². The summed E-state index contributed by atoms with van der Waals surface area (Å²) >= 11 is 0. The van der Waals surface area contributed by atoms with Crippen LogP contribution in [0.15, 0.2) is 0 Å². The molecular weight excluding hydrogens is 2070 g/mol. The normalized spacial score (nSPS) is 15.7. The van der Waals surface area contributed by atoms with E-state index in [1.807, 2.05) is 0 Å². The molecule has 0 spiro atoms. The van der Waals surface area contributed by atoms with Crippen molar-refractivity contribution < 1.29 is 125 Å². The van der Waals surface area contributed by atoms with E-state index in [9.17, 15) is 30.6 Å². The fraction of sp³-hybridized carbons (Fsp3) is 1.00. The predicted molar refractivity (Wildman–Crippen MR) is 622 cm³/mol. The smallest absolute Gasteiger partial charge is 0.314 e. The van der Waals surface area contributed by atoms with Crippen LogP contribution in [0.1, 0.15) is 68.2 Å². The molecule has 818 valence electrons. The molecule has 0 aliphatic rings. The monoisotopic (exact) mass is 2300 g/mol. The second kappa shape index (κ2) is 63.1. The van der Waals surface area contributed by atoms with Crippen molar-refractivity contribution in [3.63, 3.8) is 0 Å². The van der Waals surface area contributed by atoms with Crippen molar-refractivity contribution in [1.82, 2.24) is 0 Å². The van der Waals surface area contributed by atoms with Crippen molar-refractivity contribution in [1.29, 1.82) is 0 Å². The van der Waals surface area contributed by atoms with Gasteiger partial charge < -0.3 is 125 Å².